The minimum atomic E-state index is -3.96. The average Bonchev–Trinajstić information content (AvgIpc) is 3.28. The number of benzene rings is 3. The molecule has 1 N–H and O–H groups in total. The van der Waals surface area contributed by atoms with Crippen molar-refractivity contribution in [3.05, 3.63) is 106 Å². The summed E-state index contributed by atoms with van der Waals surface area (Å²) in [4.78, 5) is 10.2. The van der Waals surface area contributed by atoms with Crippen molar-refractivity contribution in [2.24, 2.45) is 0 Å². The Morgan fingerprint density at radius 2 is 1.66 bits per heavy atom. The summed E-state index contributed by atoms with van der Waals surface area (Å²) in [7, 11) is -3.96. The Morgan fingerprint density at radius 1 is 1.00 bits per heavy atom. The van der Waals surface area contributed by atoms with Crippen LogP contribution < -0.4 is 4.72 Å². The van der Waals surface area contributed by atoms with Gasteiger partial charge in [0, 0.05) is 23.6 Å². The number of hydrogen-bond acceptors (Lipinski definition) is 7. The van der Waals surface area contributed by atoms with Crippen LogP contribution in [0.3, 0.4) is 0 Å². The molecule has 0 aliphatic carbocycles. The second-order valence-corrected chi connectivity index (χ2v) is 10.5. The molecule has 1 aromatic heterocycles. The molecule has 3 aromatic carbocycles. The zero-order valence-corrected chi connectivity index (χ0v) is 20.7. The molecule has 4 rings (SSSR count). The Bertz CT molecular complexity index is 1420. The molecule has 0 bridgehead atoms. The highest BCUT2D eigenvalue weighted by Crippen LogP contribution is 2.28. The van der Waals surface area contributed by atoms with Crippen molar-refractivity contribution in [2.45, 2.75) is 35.7 Å². The number of non-ortho nitro benzene ring substituents is 1. The summed E-state index contributed by atoms with van der Waals surface area (Å²) in [6, 6.07) is 21.8. The van der Waals surface area contributed by atoms with E-state index in [1.165, 1.54) is 23.9 Å². The Kier molecular flexibility index (Phi) is 7.29. The van der Waals surface area contributed by atoms with Crippen LogP contribution in [0.15, 0.2) is 88.9 Å². The minimum Gasteiger partial charge on any atom is -0.273 e. The molecule has 0 saturated carbocycles. The summed E-state index contributed by atoms with van der Waals surface area (Å²) in [5, 5.41) is 20.2. The lowest BCUT2D eigenvalue weighted by Crippen LogP contribution is -2.28. The zero-order valence-electron chi connectivity index (χ0n) is 19.0. The number of aromatic nitrogens is 3. The quantitative estimate of drug-likeness (QED) is 0.195. The molecular weight excluding hydrogens is 486 g/mol. The van der Waals surface area contributed by atoms with Crippen molar-refractivity contribution in [3.63, 3.8) is 0 Å². The average molecular weight is 510 g/mol. The lowest BCUT2D eigenvalue weighted by molar-refractivity contribution is -0.384. The molecule has 1 heterocycles. The molecule has 9 nitrogen and oxygen atoms in total. The van der Waals surface area contributed by atoms with E-state index in [9.17, 15) is 18.5 Å². The number of aryl methyl sites for hydroxylation is 1. The van der Waals surface area contributed by atoms with Gasteiger partial charge in [0.05, 0.1) is 15.9 Å². The molecule has 0 amide bonds. The van der Waals surface area contributed by atoms with E-state index in [0.717, 1.165) is 28.9 Å². The van der Waals surface area contributed by atoms with Gasteiger partial charge in [-0.15, -0.1) is 10.2 Å². The normalized spacial score (nSPS) is 12.4. The van der Waals surface area contributed by atoms with Crippen LogP contribution in [0, 0.1) is 17.0 Å². The van der Waals surface area contributed by atoms with E-state index in [-0.39, 0.29) is 10.6 Å². The lowest BCUT2D eigenvalue weighted by atomic mass is 10.2. The van der Waals surface area contributed by atoms with Gasteiger partial charge in [-0.05, 0) is 43.7 Å². The first-order chi connectivity index (χ1) is 16.7. The van der Waals surface area contributed by atoms with Crippen molar-refractivity contribution in [1.29, 1.82) is 0 Å². The lowest BCUT2D eigenvalue weighted by Gasteiger charge is -2.16. The van der Waals surface area contributed by atoms with Crippen molar-refractivity contribution >= 4 is 27.5 Å². The van der Waals surface area contributed by atoms with Gasteiger partial charge in [0.1, 0.15) is 0 Å². The molecule has 1 atom stereocenters. The first-order valence-corrected chi connectivity index (χ1v) is 13.2. The summed E-state index contributed by atoms with van der Waals surface area (Å²) in [6.45, 7) is 3.67. The van der Waals surface area contributed by atoms with Crippen LogP contribution >= 0.6 is 11.8 Å². The summed E-state index contributed by atoms with van der Waals surface area (Å²) in [6.07, 6.45) is 0. The number of hydrogen-bond donors (Lipinski definition) is 1. The molecule has 0 radical (unpaired) electrons. The van der Waals surface area contributed by atoms with Crippen LogP contribution in [-0.2, 0) is 15.8 Å². The molecule has 11 heteroatoms. The summed E-state index contributed by atoms with van der Waals surface area (Å²) >= 11 is 1.50. The first-order valence-electron chi connectivity index (χ1n) is 10.7. The van der Waals surface area contributed by atoms with Gasteiger partial charge in [-0.3, -0.25) is 14.7 Å². The first kappa shape index (κ1) is 24.6. The van der Waals surface area contributed by atoms with Crippen molar-refractivity contribution in [3.8, 4) is 5.69 Å². The highest BCUT2D eigenvalue weighted by molar-refractivity contribution is 7.98. The maximum absolute atomic E-state index is 13.0. The van der Waals surface area contributed by atoms with Crippen LogP contribution in [0.5, 0.6) is 0 Å². The van der Waals surface area contributed by atoms with E-state index < -0.39 is 21.0 Å². The molecule has 0 fully saturated rings. The molecule has 1 unspecified atom stereocenters. The molecular formula is C24H23N5O4S2. The number of nitro groups is 1. The predicted molar refractivity (Wildman–Crippen MR) is 134 cm³/mol. The second-order valence-electron chi connectivity index (χ2n) is 7.88. The molecule has 0 saturated heterocycles. The van der Waals surface area contributed by atoms with Gasteiger partial charge >= 0.3 is 0 Å². The number of rotatable bonds is 9. The monoisotopic (exact) mass is 509 g/mol. The van der Waals surface area contributed by atoms with E-state index in [2.05, 4.69) is 14.9 Å². The van der Waals surface area contributed by atoms with E-state index >= 15 is 0 Å². The van der Waals surface area contributed by atoms with Gasteiger partial charge in [-0.1, -0.05) is 59.8 Å². The fourth-order valence-electron chi connectivity index (χ4n) is 3.41. The topological polar surface area (TPSA) is 120 Å². The maximum Gasteiger partial charge on any atom is 0.269 e. The van der Waals surface area contributed by atoms with Gasteiger partial charge in [0.25, 0.3) is 5.69 Å². The Balaban J connectivity index is 1.64. The summed E-state index contributed by atoms with van der Waals surface area (Å²) in [5.74, 6) is 1.10. The van der Waals surface area contributed by atoms with Crippen LogP contribution in [0.1, 0.15) is 29.9 Å². The number of nitrogens with zero attached hydrogens (tertiary/aromatic N) is 4. The SMILES string of the molecule is Cc1ccc(-n2c(SCc3ccccc3)nnc2C(C)NS(=O)(=O)c2ccc([N+](=O)[O-])cc2)cc1. The van der Waals surface area contributed by atoms with Crippen LogP contribution in [-0.4, -0.2) is 28.1 Å². The van der Waals surface area contributed by atoms with Gasteiger partial charge in [0.2, 0.25) is 10.0 Å². The van der Waals surface area contributed by atoms with Gasteiger partial charge < -0.3 is 0 Å². The maximum atomic E-state index is 13.0. The van der Waals surface area contributed by atoms with Crippen LogP contribution in [0.25, 0.3) is 5.69 Å². The van der Waals surface area contributed by atoms with E-state index in [4.69, 9.17) is 0 Å². The van der Waals surface area contributed by atoms with Crippen molar-refractivity contribution < 1.29 is 13.3 Å². The number of sulfonamides is 1. The highest BCUT2D eigenvalue weighted by atomic mass is 32.2. The number of nitro benzene ring substituents is 1. The molecule has 4 aromatic rings. The Labute approximate surface area is 207 Å². The summed E-state index contributed by atoms with van der Waals surface area (Å²) in [5.41, 5.74) is 2.85. The van der Waals surface area contributed by atoms with Crippen LogP contribution in [0.4, 0.5) is 5.69 Å². The van der Waals surface area contributed by atoms with Gasteiger partial charge in [-0.2, -0.15) is 0 Å². The van der Waals surface area contributed by atoms with Crippen molar-refractivity contribution in [2.75, 3.05) is 0 Å². The van der Waals surface area contributed by atoms with Crippen LogP contribution in [0.2, 0.25) is 0 Å². The fourth-order valence-corrected chi connectivity index (χ4v) is 5.53. The number of nitrogens with one attached hydrogen (secondary N) is 1. The molecule has 0 aliphatic heterocycles. The molecule has 0 aliphatic rings. The minimum absolute atomic E-state index is 0.0740. The van der Waals surface area contributed by atoms with E-state index in [1.54, 1.807) is 6.92 Å². The third kappa shape index (κ3) is 5.76. The van der Waals surface area contributed by atoms with E-state index in [1.807, 2.05) is 66.1 Å². The Morgan fingerprint density at radius 3 is 2.29 bits per heavy atom. The van der Waals surface area contributed by atoms with Gasteiger partial charge in [0.15, 0.2) is 11.0 Å². The van der Waals surface area contributed by atoms with Gasteiger partial charge in [-0.25, -0.2) is 13.1 Å². The fraction of sp³-hybridized carbons (Fsp3) is 0.167. The third-order valence-electron chi connectivity index (χ3n) is 5.24. The second kappa shape index (κ2) is 10.4. The third-order valence-corrected chi connectivity index (χ3v) is 7.80. The van der Waals surface area contributed by atoms with Crippen molar-refractivity contribution in [1.82, 2.24) is 19.5 Å². The molecule has 35 heavy (non-hydrogen) atoms. The zero-order chi connectivity index (χ0) is 25.0. The largest absolute Gasteiger partial charge is 0.273 e. The predicted octanol–water partition coefficient (Wildman–Crippen LogP) is 4.82. The molecule has 0 spiro atoms. The smallest absolute Gasteiger partial charge is 0.269 e. The molecule has 180 valence electrons. The Hall–Kier alpha value is -3.54. The summed E-state index contributed by atoms with van der Waals surface area (Å²) < 4.78 is 30.4. The standard InChI is InChI=1S/C24H23N5O4S2/c1-17-8-10-20(11-9-17)28-23(25-26-24(28)34-16-19-6-4-3-5-7-19)18(2)27-35(32,33)22-14-12-21(13-15-22)29(30)31/h3-15,18,27H,16H2,1-2H3. The van der Waals surface area contributed by atoms with E-state index in [0.29, 0.717) is 16.7 Å². The number of thioether (sulfide) groups is 1. The highest BCUT2D eigenvalue weighted by Gasteiger charge is 2.25.